The minimum absolute atomic E-state index is 0.191. The summed E-state index contributed by atoms with van der Waals surface area (Å²) in [4.78, 5) is 8.43. The number of nitrogens with two attached hydrogens (primary N) is 1. The lowest BCUT2D eigenvalue weighted by atomic mass is 10.2. The van der Waals surface area contributed by atoms with E-state index in [2.05, 4.69) is 15.1 Å². The van der Waals surface area contributed by atoms with Crippen LogP contribution in [0.3, 0.4) is 0 Å². The van der Waals surface area contributed by atoms with Crippen molar-refractivity contribution in [3.8, 4) is 0 Å². The third kappa shape index (κ3) is 1.14. The van der Waals surface area contributed by atoms with Crippen LogP contribution in [0.25, 0.3) is 21.8 Å². The molecule has 80 valence electrons. The van der Waals surface area contributed by atoms with Crippen molar-refractivity contribution >= 4 is 27.6 Å². The fourth-order valence-corrected chi connectivity index (χ4v) is 1.82. The van der Waals surface area contributed by atoms with E-state index in [-0.39, 0.29) is 6.17 Å². The van der Waals surface area contributed by atoms with Crippen molar-refractivity contribution in [1.29, 1.82) is 0 Å². The second-order valence-electron chi connectivity index (χ2n) is 3.83. The number of anilines is 1. The number of rotatable bonds is 0. The zero-order chi connectivity index (χ0) is 12.2. The summed E-state index contributed by atoms with van der Waals surface area (Å²) in [7, 11) is 1.82. The van der Waals surface area contributed by atoms with Gasteiger partial charge in [0.05, 0.1) is 12.3 Å². The predicted molar refractivity (Wildman–Crippen MR) is 63.0 cm³/mol. The molecule has 0 atom stereocenters. The topological polar surface area (TPSA) is 69.6 Å². The molecule has 0 aliphatic rings. The quantitative estimate of drug-likeness (QED) is 0.615. The van der Waals surface area contributed by atoms with Crippen LogP contribution in [-0.4, -0.2) is 19.7 Å². The number of hydrogen-bond donors (Lipinski definition) is 1. The number of aryl methyl sites for hydroxylation is 2. The Balaban J connectivity index is 2.62. The molecular weight excluding hydrogens is 202 g/mol. The van der Waals surface area contributed by atoms with Crippen LogP contribution in [0.5, 0.6) is 0 Å². The molecule has 0 spiro atoms. The van der Waals surface area contributed by atoms with Gasteiger partial charge in [-0.05, 0) is 13.0 Å². The third-order valence-electron chi connectivity index (χ3n) is 2.53. The minimum Gasteiger partial charge on any atom is -0.383 e. The molecule has 3 aromatic heterocycles. The molecule has 3 rings (SSSR count). The standard InChI is InChI=1S/C11H11N5/c1-6-3-9-7(4-13-6)10-8(11(12)14-9)5-16(2)15-10/h3-5H,1-2H3,(H2,12,14)/i4T. The maximum atomic E-state index is 7.93. The first-order valence-corrected chi connectivity index (χ1v) is 4.93. The smallest absolute Gasteiger partial charge is 0.135 e. The fraction of sp³-hybridized carbons (Fsp3) is 0.182. The third-order valence-corrected chi connectivity index (χ3v) is 2.53. The molecule has 0 bridgehead atoms. The molecule has 0 saturated carbocycles. The van der Waals surface area contributed by atoms with Crippen molar-refractivity contribution in [3.05, 3.63) is 24.1 Å². The maximum absolute atomic E-state index is 7.93. The second-order valence-corrected chi connectivity index (χ2v) is 3.83. The highest BCUT2D eigenvalue weighted by Crippen LogP contribution is 2.25. The highest BCUT2D eigenvalue weighted by Gasteiger charge is 2.09. The number of aromatic nitrogens is 4. The van der Waals surface area contributed by atoms with Gasteiger partial charge in [0.25, 0.3) is 0 Å². The Morgan fingerprint density at radius 2 is 2.25 bits per heavy atom. The molecule has 0 aliphatic carbocycles. The SMILES string of the molecule is [3H]c1nc(C)cc2nc(N)c3cn(C)nc3c12. The summed E-state index contributed by atoms with van der Waals surface area (Å²) in [5.41, 5.74) is 8.00. The monoisotopic (exact) mass is 215 g/mol. The van der Waals surface area contributed by atoms with Crippen LogP contribution in [0, 0.1) is 6.92 Å². The second kappa shape index (κ2) is 2.91. The predicted octanol–water partition coefficient (Wildman–Crippen LogP) is 1.41. The van der Waals surface area contributed by atoms with Gasteiger partial charge in [0.2, 0.25) is 0 Å². The normalized spacial score (nSPS) is 12.2. The van der Waals surface area contributed by atoms with Crippen LogP contribution in [0.15, 0.2) is 18.4 Å². The van der Waals surface area contributed by atoms with Crippen LogP contribution in [-0.2, 0) is 7.05 Å². The summed E-state index contributed by atoms with van der Waals surface area (Å²) < 4.78 is 9.59. The molecule has 0 radical (unpaired) electrons. The molecule has 0 amide bonds. The van der Waals surface area contributed by atoms with E-state index in [1.165, 1.54) is 0 Å². The van der Waals surface area contributed by atoms with Crippen LogP contribution in [0.4, 0.5) is 5.82 Å². The number of pyridine rings is 2. The summed E-state index contributed by atoms with van der Waals surface area (Å²) in [6, 6.07) is 1.82. The maximum Gasteiger partial charge on any atom is 0.135 e. The van der Waals surface area contributed by atoms with E-state index in [0.717, 1.165) is 11.1 Å². The van der Waals surface area contributed by atoms with Gasteiger partial charge < -0.3 is 5.73 Å². The van der Waals surface area contributed by atoms with E-state index in [4.69, 9.17) is 7.10 Å². The highest BCUT2D eigenvalue weighted by atomic mass is 15.2. The highest BCUT2D eigenvalue weighted by molar-refractivity contribution is 6.06. The van der Waals surface area contributed by atoms with Crippen molar-refractivity contribution in [2.45, 2.75) is 6.92 Å². The van der Waals surface area contributed by atoms with E-state index < -0.39 is 0 Å². The Bertz CT molecular complexity index is 747. The van der Waals surface area contributed by atoms with Crippen molar-refractivity contribution in [2.24, 2.45) is 7.05 Å². The van der Waals surface area contributed by atoms with Crippen LogP contribution >= 0.6 is 0 Å². The first-order valence-electron chi connectivity index (χ1n) is 5.43. The lowest BCUT2D eigenvalue weighted by Crippen LogP contribution is -1.93. The Labute approximate surface area is 93.3 Å². The summed E-state index contributed by atoms with van der Waals surface area (Å²) in [5, 5.41) is 5.75. The fourth-order valence-electron chi connectivity index (χ4n) is 1.82. The van der Waals surface area contributed by atoms with E-state index in [9.17, 15) is 0 Å². The largest absolute Gasteiger partial charge is 0.383 e. The molecule has 5 nitrogen and oxygen atoms in total. The van der Waals surface area contributed by atoms with Crippen LogP contribution in [0.1, 0.15) is 7.06 Å². The number of hydrogen-bond acceptors (Lipinski definition) is 4. The van der Waals surface area contributed by atoms with E-state index in [1.54, 1.807) is 10.9 Å². The zero-order valence-corrected chi connectivity index (χ0v) is 9.02. The van der Waals surface area contributed by atoms with Crippen LogP contribution in [0.2, 0.25) is 0 Å². The minimum atomic E-state index is 0.191. The molecule has 0 unspecified atom stereocenters. The lowest BCUT2D eigenvalue weighted by Gasteiger charge is -2.01. The van der Waals surface area contributed by atoms with Crippen molar-refractivity contribution in [3.63, 3.8) is 0 Å². The summed E-state index contributed by atoms with van der Waals surface area (Å²) in [6.07, 6.45) is 1.99. The first-order chi connectivity index (χ1) is 8.06. The zero-order valence-electron chi connectivity index (χ0n) is 10.0. The van der Waals surface area contributed by atoms with Gasteiger partial charge in [0, 0.05) is 30.5 Å². The summed E-state index contributed by atoms with van der Waals surface area (Å²) >= 11 is 0. The molecule has 3 heterocycles. The molecule has 16 heavy (non-hydrogen) atoms. The molecule has 0 fully saturated rings. The molecule has 0 aromatic carbocycles. The average Bonchev–Trinajstić information content (AvgIpc) is 2.58. The molecule has 5 heteroatoms. The van der Waals surface area contributed by atoms with E-state index >= 15 is 0 Å². The van der Waals surface area contributed by atoms with Gasteiger partial charge in [0.1, 0.15) is 11.3 Å². The van der Waals surface area contributed by atoms with Gasteiger partial charge in [-0.1, -0.05) is 0 Å². The summed E-state index contributed by atoms with van der Waals surface area (Å²) in [5.74, 6) is 0.436. The van der Waals surface area contributed by atoms with Gasteiger partial charge in [-0.15, -0.1) is 0 Å². The Morgan fingerprint density at radius 1 is 1.44 bits per heavy atom. The van der Waals surface area contributed by atoms with Gasteiger partial charge in [-0.2, -0.15) is 5.10 Å². The van der Waals surface area contributed by atoms with Gasteiger partial charge in [-0.3, -0.25) is 9.67 Å². The van der Waals surface area contributed by atoms with Gasteiger partial charge >= 0.3 is 0 Å². The first kappa shape index (κ1) is 8.04. The van der Waals surface area contributed by atoms with Crippen molar-refractivity contribution < 1.29 is 1.37 Å². The number of fused-ring (bicyclic) bond motifs is 3. The van der Waals surface area contributed by atoms with Crippen molar-refractivity contribution in [1.82, 2.24) is 19.7 Å². The number of nitrogen functional groups attached to an aromatic ring is 1. The Kier molecular flexibility index (Phi) is 1.46. The van der Waals surface area contributed by atoms with E-state index in [1.807, 2.05) is 20.0 Å². The Hall–Kier alpha value is -2.17. The molecule has 0 aliphatic heterocycles. The van der Waals surface area contributed by atoms with Gasteiger partial charge in [-0.25, -0.2) is 4.98 Å². The molecule has 3 aromatic rings. The molecular formula is C11H11N5. The lowest BCUT2D eigenvalue weighted by molar-refractivity contribution is 0.780. The number of nitrogens with zero attached hydrogens (tertiary/aromatic N) is 4. The molecule has 2 N–H and O–H groups in total. The Morgan fingerprint density at radius 3 is 3.06 bits per heavy atom. The average molecular weight is 215 g/mol. The van der Waals surface area contributed by atoms with E-state index in [0.29, 0.717) is 22.2 Å². The summed E-state index contributed by atoms with van der Waals surface area (Å²) in [6.45, 7) is 1.83. The van der Waals surface area contributed by atoms with Crippen LogP contribution < -0.4 is 5.73 Å². The molecule has 0 saturated heterocycles. The van der Waals surface area contributed by atoms with Crippen molar-refractivity contribution in [2.75, 3.05) is 5.73 Å². The van der Waals surface area contributed by atoms with Gasteiger partial charge in [0.15, 0.2) is 0 Å².